The number of rotatable bonds is 2. The van der Waals surface area contributed by atoms with Crippen molar-refractivity contribution in [1.29, 1.82) is 0 Å². The van der Waals surface area contributed by atoms with Gasteiger partial charge in [-0.15, -0.1) is 0 Å². The highest BCUT2D eigenvalue weighted by molar-refractivity contribution is 5.47. The molecule has 0 saturated carbocycles. The highest BCUT2D eigenvalue weighted by atomic mass is 14.0. The minimum atomic E-state index is 0.564. The predicted octanol–water partition coefficient (Wildman–Crippen LogP) is 3.25. The Hall–Kier alpha value is -1.04. The maximum absolute atomic E-state index is 3.69. The third kappa shape index (κ3) is 1.94. The zero-order valence-electron chi connectivity index (χ0n) is 7.09. The zero-order valence-corrected chi connectivity index (χ0v) is 7.09. The molecule has 0 heteroatoms. The molecule has 0 aliphatic carbocycles. The molecule has 0 spiro atoms. The van der Waals surface area contributed by atoms with Gasteiger partial charge in [0.2, 0.25) is 0 Å². The summed E-state index contributed by atoms with van der Waals surface area (Å²) in [6.07, 6.45) is 1.83. The monoisotopic (exact) mass is 145 g/mol. The normalized spacial score (nSPS) is 10.1. The Morgan fingerprint density at radius 1 is 1.45 bits per heavy atom. The fourth-order valence-electron chi connectivity index (χ4n) is 0.935. The average Bonchev–Trinajstić information content (AvgIpc) is 2.05. The summed E-state index contributed by atoms with van der Waals surface area (Å²) in [7, 11) is 0. The van der Waals surface area contributed by atoms with Gasteiger partial charge in [0, 0.05) is 0 Å². The van der Waals surface area contributed by atoms with Crippen LogP contribution in [0.15, 0.2) is 24.8 Å². The quantitative estimate of drug-likeness (QED) is 0.599. The summed E-state index contributed by atoms with van der Waals surface area (Å²) >= 11 is 0. The lowest BCUT2D eigenvalue weighted by molar-refractivity contribution is 0.864. The lowest BCUT2D eigenvalue weighted by atomic mass is 10.0. The SMILES string of the molecule is C=Cc1c[c]c(C(C)C)cc1. The molecule has 0 aromatic heterocycles. The molecule has 57 valence electrons. The highest BCUT2D eigenvalue weighted by Crippen LogP contribution is 2.13. The summed E-state index contributed by atoms with van der Waals surface area (Å²) in [5, 5.41) is 0. The second-order valence-corrected chi connectivity index (χ2v) is 2.94. The van der Waals surface area contributed by atoms with E-state index in [0.717, 1.165) is 5.56 Å². The molecule has 0 N–H and O–H groups in total. The van der Waals surface area contributed by atoms with Crippen molar-refractivity contribution in [2.24, 2.45) is 0 Å². The molecule has 0 bridgehead atoms. The fraction of sp³-hybridized carbons (Fsp3) is 0.273. The summed E-state index contributed by atoms with van der Waals surface area (Å²) < 4.78 is 0. The molecule has 0 fully saturated rings. The molecule has 0 nitrogen and oxygen atoms in total. The molecule has 0 aliphatic heterocycles. The molecule has 11 heavy (non-hydrogen) atoms. The van der Waals surface area contributed by atoms with E-state index in [-0.39, 0.29) is 0 Å². The second-order valence-electron chi connectivity index (χ2n) is 2.94. The van der Waals surface area contributed by atoms with Crippen molar-refractivity contribution in [3.05, 3.63) is 42.0 Å². The molecule has 0 atom stereocenters. The van der Waals surface area contributed by atoms with Gasteiger partial charge in [-0.3, -0.25) is 0 Å². The van der Waals surface area contributed by atoms with Gasteiger partial charge in [0.25, 0.3) is 0 Å². The lowest BCUT2D eigenvalue weighted by Gasteiger charge is -2.03. The Balaban J connectivity index is 2.91. The molecule has 0 aliphatic rings. The minimum absolute atomic E-state index is 0.564. The van der Waals surface area contributed by atoms with Crippen LogP contribution in [-0.2, 0) is 0 Å². The Morgan fingerprint density at radius 2 is 2.18 bits per heavy atom. The van der Waals surface area contributed by atoms with Crippen LogP contribution < -0.4 is 0 Å². The van der Waals surface area contributed by atoms with Crippen molar-refractivity contribution in [3.63, 3.8) is 0 Å². The number of hydrogen-bond acceptors (Lipinski definition) is 0. The molecule has 1 radical (unpaired) electrons. The smallest absolute Gasteiger partial charge is 0.0140 e. The van der Waals surface area contributed by atoms with Gasteiger partial charge >= 0.3 is 0 Å². The van der Waals surface area contributed by atoms with Crippen LogP contribution >= 0.6 is 0 Å². The van der Waals surface area contributed by atoms with E-state index in [2.05, 4.69) is 38.6 Å². The topological polar surface area (TPSA) is 0 Å². The van der Waals surface area contributed by atoms with E-state index in [1.807, 2.05) is 12.1 Å². The van der Waals surface area contributed by atoms with Gasteiger partial charge in [-0.05, 0) is 29.2 Å². The number of hydrogen-bond donors (Lipinski definition) is 0. The Morgan fingerprint density at radius 3 is 2.55 bits per heavy atom. The van der Waals surface area contributed by atoms with Crippen LogP contribution in [0.3, 0.4) is 0 Å². The summed E-state index contributed by atoms with van der Waals surface area (Å²) in [5.74, 6) is 0.564. The largest absolute Gasteiger partial charge is 0.0985 e. The Bertz CT molecular complexity index is 229. The van der Waals surface area contributed by atoms with Gasteiger partial charge in [-0.1, -0.05) is 38.6 Å². The van der Waals surface area contributed by atoms with Gasteiger partial charge in [-0.2, -0.15) is 0 Å². The Kier molecular flexibility index (Phi) is 2.48. The first-order chi connectivity index (χ1) is 5.24. The first-order valence-corrected chi connectivity index (χ1v) is 3.88. The van der Waals surface area contributed by atoms with E-state index in [0.29, 0.717) is 5.92 Å². The number of benzene rings is 1. The molecule has 0 unspecified atom stereocenters. The van der Waals surface area contributed by atoms with Crippen LogP contribution in [0, 0.1) is 6.07 Å². The van der Waals surface area contributed by atoms with Gasteiger partial charge in [-0.25, -0.2) is 0 Å². The van der Waals surface area contributed by atoms with Gasteiger partial charge < -0.3 is 0 Å². The molecule has 1 aromatic rings. The summed E-state index contributed by atoms with van der Waals surface area (Å²) in [5.41, 5.74) is 2.39. The molecule has 0 saturated heterocycles. The highest BCUT2D eigenvalue weighted by Gasteiger charge is 1.96. The predicted molar refractivity (Wildman–Crippen MR) is 49.5 cm³/mol. The zero-order chi connectivity index (χ0) is 8.27. The van der Waals surface area contributed by atoms with E-state index in [4.69, 9.17) is 0 Å². The molecular weight excluding hydrogens is 132 g/mol. The van der Waals surface area contributed by atoms with E-state index < -0.39 is 0 Å². The van der Waals surface area contributed by atoms with Crippen LogP contribution in [0.4, 0.5) is 0 Å². The maximum atomic E-state index is 3.69. The molecule has 0 heterocycles. The first kappa shape index (κ1) is 8.06. The minimum Gasteiger partial charge on any atom is -0.0985 e. The average molecular weight is 145 g/mol. The second kappa shape index (κ2) is 3.38. The van der Waals surface area contributed by atoms with Gasteiger partial charge in [0.05, 0.1) is 0 Å². The fourth-order valence-corrected chi connectivity index (χ4v) is 0.935. The first-order valence-electron chi connectivity index (χ1n) is 3.88. The van der Waals surface area contributed by atoms with Crippen LogP contribution in [0.1, 0.15) is 30.9 Å². The third-order valence-electron chi connectivity index (χ3n) is 1.72. The summed E-state index contributed by atoms with van der Waals surface area (Å²) in [6, 6.07) is 9.36. The molecular formula is C11H13. The van der Waals surface area contributed by atoms with E-state index in [1.54, 1.807) is 0 Å². The maximum Gasteiger partial charge on any atom is -0.0140 e. The van der Waals surface area contributed by atoms with Gasteiger partial charge in [0.1, 0.15) is 0 Å². The third-order valence-corrected chi connectivity index (χ3v) is 1.72. The lowest BCUT2D eigenvalue weighted by Crippen LogP contribution is -1.86. The van der Waals surface area contributed by atoms with Crippen molar-refractivity contribution in [2.45, 2.75) is 19.8 Å². The van der Waals surface area contributed by atoms with Crippen LogP contribution in [0.25, 0.3) is 6.08 Å². The Labute approximate surface area is 68.6 Å². The van der Waals surface area contributed by atoms with Crippen LogP contribution in [0.2, 0.25) is 0 Å². The van der Waals surface area contributed by atoms with Crippen molar-refractivity contribution >= 4 is 6.08 Å². The standard InChI is InChI=1S/C11H13/c1-4-10-5-7-11(8-6-10)9(2)3/h4-7,9H,1H2,2-3H3. The summed E-state index contributed by atoms with van der Waals surface area (Å²) in [4.78, 5) is 0. The molecule has 1 aromatic carbocycles. The van der Waals surface area contributed by atoms with Crippen molar-refractivity contribution < 1.29 is 0 Å². The van der Waals surface area contributed by atoms with Crippen LogP contribution in [-0.4, -0.2) is 0 Å². The van der Waals surface area contributed by atoms with Crippen molar-refractivity contribution in [3.8, 4) is 0 Å². The summed E-state index contributed by atoms with van der Waals surface area (Å²) in [6.45, 7) is 8.02. The van der Waals surface area contributed by atoms with Crippen molar-refractivity contribution in [2.75, 3.05) is 0 Å². The van der Waals surface area contributed by atoms with Crippen molar-refractivity contribution in [1.82, 2.24) is 0 Å². The van der Waals surface area contributed by atoms with Crippen LogP contribution in [0.5, 0.6) is 0 Å². The van der Waals surface area contributed by atoms with E-state index in [9.17, 15) is 0 Å². The van der Waals surface area contributed by atoms with E-state index in [1.165, 1.54) is 5.56 Å². The molecule has 0 amide bonds. The van der Waals surface area contributed by atoms with E-state index >= 15 is 0 Å². The molecule has 1 rings (SSSR count). The van der Waals surface area contributed by atoms with Gasteiger partial charge in [0.15, 0.2) is 0 Å².